The second-order valence-electron chi connectivity index (χ2n) is 5.33. The van der Waals surface area contributed by atoms with Gasteiger partial charge in [-0.25, -0.2) is 0 Å². The van der Waals surface area contributed by atoms with Crippen LogP contribution in [0, 0.1) is 5.41 Å². The molecule has 2 fully saturated rings. The largest absolute Gasteiger partial charge is 0.481 e. The van der Waals surface area contributed by atoms with E-state index in [-0.39, 0.29) is 19.1 Å². The molecule has 0 spiro atoms. The molecule has 0 radical (unpaired) electrons. The number of ether oxygens (including phenoxy) is 1. The van der Waals surface area contributed by atoms with E-state index < -0.39 is 24.1 Å². The molecule has 2 heterocycles. The lowest BCUT2D eigenvalue weighted by Crippen LogP contribution is -2.47. The third-order valence-electron chi connectivity index (χ3n) is 4.09. The molecule has 2 aliphatic heterocycles. The van der Waals surface area contributed by atoms with Gasteiger partial charge < -0.3 is 14.7 Å². The highest BCUT2D eigenvalue weighted by Crippen LogP contribution is 2.45. The maximum atomic E-state index is 12.9. The molecule has 0 saturated carbocycles. The average molecular weight is 281 g/mol. The maximum Gasteiger partial charge on any atom is 0.406 e. The van der Waals surface area contributed by atoms with Gasteiger partial charge in [0.15, 0.2) is 5.41 Å². The van der Waals surface area contributed by atoms with Crippen molar-refractivity contribution >= 4 is 5.97 Å². The average Bonchev–Trinajstić information content (AvgIpc) is 2.95. The highest BCUT2D eigenvalue weighted by atomic mass is 19.4. The molecule has 0 amide bonds. The summed E-state index contributed by atoms with van der Waals surface area (Å²) in [5.74, 6) is -1.76. The topological polar surface area (TPSA) is 49.8 Å². The Morgan fingerprint density at radius 2 is 2.21 bits per heavy atom. The second kappa shape index (κ2) is 5.28. The lowest BCUT2D eigenvalue weighted by atomic mass is 9.86. The Balaban J connectivity index is 1.91. The van der Waals surface area contributed by atoms with Gasteiger partial charge in [0.25, 0.3) is 0 Å². The molecule has 0 aromatic carbocycles. The zero-order valence-corrected chi connectivity index (χ0v) is 10.6. The Hall–Kier alpha value is -0.820. The Morgan fingerprint density at radius 3 is 2.68 bits per heavy atom. The van der Waals surface area contributed by atoms with Gasteiger partial charge in [0.05, 0.1) is 6.10 Å². The maximum absolute atomic E-state index is 12.9. The van der Waals surface area contributed by atoms with Crippen molar-refractivity contribution < 1.29 is 27.8 Å². The fraction of sp³-hybridized carbons (Fsp3) is 0.917. The number of halogens is 3. The van der Waals surface area contributed by atoms with Crippen molar-refractivity contribution in [3.05, 3.63) is 0 Å². The normalized spacial score (nSPS) is 32.9. The summed E-state index contributed by atoms with van der Waals surface area (Å²) < 4.78 is 44.3. The van der Waals surface area contributed by atoms with E-state index in [1.165, 1.54) is 0 Å². The first kappa shape index (κ1) is 14.6. The number of alkyl halides is 3. The summed E-state index contributed by atoms with van der Waals surface area (Å²) in [6.45, 7) is 0.916. The van der Waals surface area contributed by atoms with Gasteiger partial charge in [-0.2, -0.15) is 13.2 Å². The number of carboxylic acids is 1. The lowest BCUT2D eigenvalue weighted by Gasteiger charge is -2.27. The van der Waals surface area contributed by atoms with Crippen molar-refractivity contribution in [1.82, 2.24) is 4.90 Å². The molecule has 110 valence electrons. The van der Waals surface area contributed by atoms with Gasteiger partial charge in [-0.3, -0.25) is 4.79 Å². The Kier molecular flexibility index (Phi) is 4.06. The van der Waals surface area contributed by atoms with Crippen molar-refractivity contribution in [1.29, 1.82) is 0 Å². The van der Waals surface area contributed by atoms with Gasteiger partial charge in [0.1, 0.15) is 0 Å². The number of hydrogen-bond acceptors (Lipinski definition) is 3. The predicted molar refractivity (Wildman–Crippen MR) is 60.8 cm³/mol. The summed E-state index contributed by atoms with van der Waals surface area (Å²) in [4.78, 5) is 12.6. The fourth-order valence-corrected chi connectivity index (χ4v) is 2.81. The fourth-order valence-electron chi connectivity index (χ4n) is 2.81. The van der Waals surface area contributed by atoms with Crippen LogP contribution in [0.1, 0.15) is 25.7 Å². The standard InChI is InChI=1S/C12H18F3NO3/c13-12(14,15)11(10(17)18)4-6-16(8-11)5-3-9-2-1-7-19-9/h9H,1-8H2,(H,17,18). The quantitative estimate of drug-likeness (QED) is 0.855. The van der Waals surface area contributed by atoms with Gasteiger partial charge in [-0.05, 0) is 32.2 Å². The summed E-state index contributed by atoms with van der Waals surface area (Å²) in [5.41, 5.74) is -2.59. The SMILES string of the molecule is O=C(O)C1(C(F)(F)F)CCN(CCC2CCCO2)C1. The summed E-state index contributed by atoms with van der Waals surface area (Å²) in [5, 5.41) is 8.93. The van der Waals surface area contributed by atoms with E-state index >= 15 is 0 Å². The predicted octanol–water partition coefficient (Wildman–Crippen LogP) is 1.89. The summed E-state index contributed by atoms with van der Waals surface area (Å²) in [6.07, 6.45) is -2.34. The molecule has 2 unspecified atom stereocenters. The number of carbonyl (C=O) groups is 1. The first-order valence-corrected chi connectivity index (χ1v) is 6.49. The molecule has 2 aliphatic rings. The third-order valence-corrected chi connectivity index (χ3v) is 4.09. The molecule has 19 heavy (non-hydrogen) atoms. The molecule has 7 heteroatoms. The summed E-state index contributed by atoms with van der Waals surface area (Å²) in [7, 11) is 0. The van der Waals surface area contributed by atoms with E-state index in [9.17, 15) is 18.0 Å². The first-order valence-electron chi connectivity index (χ1n) is 6.49. The van der Waals surface area contributed by atoms with E-state index in [0.717, 1.165) is 12.8 Å². The summed E-state index contributed by atoms with van der Waals surface area (Å²) >= 11 is 0. The van der Waals surface area contributed by atoms with E-state index in [0.29, 0.717) is 19.6 Å². The molecule has 0 aliphatic carbocycles. The van der Waals surface area contributed by atoms with E-state index in [1.54, 1.807) is 4.90 Å². The molecule has 2 rings (SSSR count). The van der Waals surface area contributed by atoms with Crippen molar-refractivity contribution in [2.45, 2.75) is 38.0 Å². The molecule has 0 bridgehead atoms. The molecule has 2 saturated heterocycles. The Morgan fingerprint density at radius 1 is 1.47 bits per heavy atom. The van der Waals surface area contributed by atoms with Crippen molar-refractivity contribution in [3.8, 4) is 0 Å². The first-order chi connectivity index (χ1) is 8.85. The highest BCUT2D eigenvalue weighted by molar-refractivity contribution is 5.76. The number of aliphatic carboxylic acids is 1. The highest BCUT2D eigenvalue weighted by Gasteiger charge is 2.63. The van der Waals surface area contributed by atoms with Crippen LogP contribution in [0.2, 0.25) is 0 Å². The van der Waals surface area contributed by atoms with Crippen LogP contribution in [0.25, 0.3) is 0 Å². The van der Waals surface area contributed by atoms with Crippen LogP contribution in [-0.2, 0) is 9.53 Å². The molecular weight excluding hydrogens is 263 g/mol. The Bertz CT molecular complexity index is 342. The van der Waals surface area contributed by atoms with Crippen LogP contribution in [-0.4, -0.2) is 54.5 Å². The van der Waals surface area contributed by atoms with Crippen molar-refractivity contribution in [2.24, 2.45) is 5.41 Å². The van der Waals surface area contributed by atoms with E-state index in [2.05, 4.69) is 0 Å². The minimum atomic E-state index is -4.70. The van der Waals surface area contributed by atoms with Crippen LogP contribution in [0.15, 0.2) is 0 Å². The van der Waals surface area contributed by atoms with Crippen molar-refractivity contribution in [2.75, 3.05) is 26.2 Å². The molecule has 2 atom stereocenters. The van der Waals surface area contributed by atoms with Gasteiger partial charge >= 0.3 is 12.1 Å². The van der Waals surface area contributed by atoms with Gasteiger partial charge in [0, 0.05) is 19.7 Å². The van der Waals surface area contributed by atoms with Crippen LogP contribution in [0.4, 0.5) is 13.2 Å². The zero-order chi connectivity index (χ0) is 14.1. The number of nitrogens with zero attached hydrogens (tertiary/aromatic N) is 1. The third kappa shape index (κ3) is 2.86. The molecule has 4 nitrogen and oxygen atoms in total. The van der Waals surface area contributed by atoms with Gasteiger partial charge in [-0.15, -0.1) is 0 Å². The van der Waals surface area contributed by atoms with Gasteiger partial charge in [-0.1, -0.05) is 0 Å². The lowest BCUT2D eigenvalue weighted by molar-refractivity contribution is -0.227. The number of likely N-dealkylation sites (tertiary alicyclic amines) is 1. The molecule has 0 aromatic heterocycles. The van der Waals surface area contributed by atoms with Crippen LogP contribution in [0.3, 0.4) is 0 Å². The van der Waals surface area contributed by atoms with Crippen LogP contribution >= 0.6 is 0 Å². The zero-order valence-electron chi connectivity index (χ0n) is 10.6. The molecular formula is C12H18F3NO3. The van der Waals surface area contributed by atoms with E-state index in [1.807, 2.05) is 0 Å². The van der Waals surface area contributed by atoms with Crippen LogP contribution in [0.5, 0.6) is 0 Å². The monoisotopic (exact) mass is 281 g/mol. The second-order valence-corrected chi connectivity index (χ2v) is 5.33. The van der Waals surface area contributed by atoms with E-state index in [4.69, 9.17) is 9.84 Å². The van der Waals surface area contributed by atoms with Crippen LogP contribution < -0.4 is 0 Å². The summed E-state index contributed by atoms with van der Waals surface area (Å²) in [6, 6.07) is 0. The van der Waals surface area contributed by atoms with Crippen molar-refractivity contribution in [3.63, 3.8) is 0 Å². The number of hydrogen-bond donors (Lipinski definition) is 1. The number of rotatable bonds is 4. The van der Waals surface area contributed by atoms with Gasteiger partial charge in [0.2, 0.25) is 0 Å². The Labute approximate surface area is 109 Å². The number of carboxylic acid groups (broad SMARTS) is 1. The molecule has 1 N–H and O–H groups in total. The minimum Gasteiger partial charge on any atom is -0.481 e. The smallest absolute Gasteiger partial charge is 0.406 e. The molecule has 0 aromatic rings. The minimum absolute atomic E-state index is 0.116.